The quantitative estimate of drug-likeness (QED) is 0.813. The maximum Gasteiger partial charge on any atom is 0.241 e. The van der Waals surface area contributed by atoms with Crippen LogP contribution in [0.25, 0.3) is 0 Å². The zero-order valence-corrected chi connectivity index (χ0v) is 11.8. The minimum absolute atomic E-state index is 0.107. The van der Waals surface area contributed by atoms with Gasteiger partial charge in [-0.05, 0) is 36.6 Å². The van der Waals surface area contributed by atoms with E-state index in [0.29, 0.717) is 25.2 Å². The summed E-state index contributed by atoms with van der Waals surface area (Å²) in [5.74, 6) is -0.398. The summed E-state index contributed by atoms with van der Waals surface area (Å²) in [6, 6.07) is 4.65. The normalized spacial score (nSPS) is 10.6. The van der Waals surface area contributed by atoms with E-state index in [1.807, 2.05) is 6.92 Å². The van der Waals surface area contributed by atoms with Gasteiger partial charge in [-0.2, -0.15) is 0 Å². The molecular weight excluding hydrogens is 273 g/mol. The Hall–Kier alpha value is -2.28. The fourth-order valence-corrected chi connectivity index (χ4v) is 1.99. The first-order valence-corrected chi connectivity index (χ1v) is 6.69. The van der Waals surface area contributed by atoms with Gasteiger partial charge in [0, 0.05) is 13.1 Å². The van der Waals surface area contributed by atoms with Crippen molar-refractivity contribution in [2.24, 2.45) is 5.73 Å². The van der Waals surface area contributed by atoms with Crippen LogP contribution in [-0.4, -0.2) is 27.4 Å². The Kier molecular flexibility index (Phi) is 4.99. The molecule has 21 heavy (non-hydrogen) atoms. The van der Waals surface area contributed by atoms with Crippen LogP contribution >= 0.6 is 0 Å². The monoisotopic (exact) mass is 291 g/mol. The van der Waals surface area contributed by atoms with Crippen molar-refractivity contribution in [3.8, 4) is 0 Å². The summed E-state index contributed by atoms with van der Waals surface area (Å²) in [4.78, 5) is 11.7. The Morgan fingerprint density at radius 3 is 2.95 bits per heavy atom. The van der Waals surface area contributed by atoms with E-state index in [4.69, 9.17) is 5.73 Å². The molecule has 2 rings (SSSR count). The number of nitrogens with one attached hydrogen (secondary N) is 1. The number of nitrogens with two attached hydrogens (primary N) is 1. The second kappa shape index (κ2) is 6.94. The Morgan fingerprint density at radius 1 is 1.48 bits per heavy atom. The van der Waals surface area contributed by atoms with Crippen LogP contribution in [0, 0.1) is 12.7 Å². The molecule has 0 aliphatic heterocycles. The molecule has 6 nitrogen and oxygen atoms in total. The largest absolute Gasteiger partial charge is 0.354 e. The molecule has 112 valence electrons. The maximum absolute atomic E-state index is 13.0. The number of hydrogen-bond donors (Lipinski definition) is 2. The number of aryl methyl sites for hydroxylation is 1. The van der Waals surface area contributed by atoms with Gasteiger partial charge in [0.25, 0.3) is 0 Å². The molecule has 0 radical (unpaired) electrons. The fraction of sp³-hybridized carbons (Fsp3) is 0.357. The van der Waals surface area contributed by atoms with Crippen molar-refractivity contribution in [1.29, 1.82) is 0 Å². The first kappa shape index (κ1) is 15.1. The van der Waals surface area contributed by atoms with Crippen LogP contribution in [0.4, 0.5) is 4.39 Å². The van der Waals surface area contributed by atoms with Crippen LogP contribution in [0.15, 0.2) is 24.4 Å². The molecule has 0 spiro atoms. The first-order valence-electron chi connectivity index (χ1n) is 6.69. The molecule has 0 saturated carbocycles. The number of hydrogen-bond acceptors (Lipinski definition) is 4. The van der Waals surface area contributed by atoms with E-state index in [9.17, 15) is 9.18 Å². The van der Waals surface area contributed by atoms with Gasteiger partial charge < -0.3 is 11.1 Å². The van der Waals surface area contributed by atoms with Gasteiger partial charge in [0.2, 0.25) is 5.91 Å². The SMILES string of the molecule is Cc1cc(F)ccc1CCNC(=O)Cn1cc(CN)nn1. The van der Waals surface area contributed by atoms with E-state index in [1.165, 1.54) is 16.8 Å². The van der Waals surface area contributed by atoms with Crippen LogP contribution in [-0.2, 0) is 24.3 Å². The third-order valence-corrected chi connectivity index (χ3v) is 3.12. The molecule has 0 aliphatic carbocycles. The summed E-state index contributed by atoms with van der Waals surface area (Å²) >= 11 is 0. The number of rotatable bonds is 6. The number of nitrogens with zero attached hydrogens (tertiary/aromatic N) is 3. The third-order valence-electron chi connectivity index (χ3n) is 3.12. The smallest absolute Gasteiger partial charge is 0.241 e. The van der Waals surface area contributed by atoms with E-state index in [2.05, 4.69) is 15.6 Å². The highest BCUT2D eigenvalue weighted by atomic mass is 19.1. The number of benzene rings is 1. The summed E-state index contributed by atoms with van der Waals surface area (Å²) < 4.78 is 14.4. The molecule has 7 heteroatoms. The average Bonchev–Trinajstić information content (AvgIpc) is 2.89. The van der Waals surface area contributed by atoms with Crippen molar-refractivity contribution in [3.63, 3.8) is 0 Å². The minimum atomic E-state index is -0.248. The molecule has 1 amide bonds. The van der Waals surface area contributed by atoms with Gasteiger partial charge in [0.1, 0.15) is 12.4 Å². The number of amides is 1. The first-order chi connectivity index (χ1) is 10.1. The lowest BCUT2D eigenvalue weighted by Gasteiger charge is -2.07. The predicted molar refractivity (Wildman–Crippen MR) is 75.8 cm³/mol. The summed E-state index contributed by atoms with van der Waals surface area (Å²) in [5.41, 5.74) is 7.96. The highest BCUT2D eigenvalue weighted by Gasteiger charge is 2.06. The highest BCUT2D eigenvalue weighted by Crippen LogP contribution is 2.10. The zero-order valence-electron chi connectivity index (χ0n) is 11.8. The highest BCUT2D eigenvalue weighted by molar-refractivity contribution is 5.75. The van der Waals surface area contributed by atoms with Crippen LogP contribution in [0.1, 0.15) is 16.8 Å². The lowest BCUT2D eigenvalue weighted by molar-refractivity contribution is -0.121. The molecule has 1 aromatic heterocycles. The topological polar surface area (TPSA) is 85.8 Å². The van der Waals surface area contributed by atoms with E-state index in [-0.39, 0.29) is 18.3 Å². The van der Waals surface area contributed by atoms with Crippen LogP contribution in [0.5, 0.6) is 0 Å². The van der Waals surface area contributed by atoms with E-state index in [1.54, 1.807) is 12.3 Å². The molecule has 0 aliphatic rings. The summed E-state index contributed by atoms with van der Waals surface area (Å²) in [6.07, 6.45) is 2.30. The van der Waals surface area contributed by atoms with Crippen molar-refractivity contribution >= 4 is 5.91 Å². The lowest BCUT2D eigenvalue weighted by Crippen LogP contribution is -2.29. The number of carbonyl (C=O) groups excluding carboxylic acids is 1. The number of carbonyl (C=O) groups is 1. The molecule has 0 unspecified atom stereocenters. The second-order valence-corrected chi connectivity index (χ2v) is 4.78. The molecule has 1 heterocycles. The van der Waals surface area contributed by atoms with Crippen LogP contribution in [0.3, 0.4) is 0 Å². The van der Waals surface area contributed by atoms with Gasteiger partial charge >= 0.3 is 0 Å². The van der Waals surface area contributed by atoms with E-state index < -0.39 is 0 Å². The van der Waals surface area contributed by atoms with Crippen molar-refractivity contribution in [3.05, 3.63) is 47.0 Å². The summed E-state index contributed by atoms with van der Waals surface area (Å²) in [7, 11) is 0. The molecule has 1 aromatic carbocycles. The Morgan fingerprint density at radius 2 is 2.29 bits per heavy atom. The molecule has 0 saturated heterocycles. The average molecular weight is 291 g/mol. The molecule has 2 aromatic rings. The minimum Gasteiger partial charge on any atom is -0.354 e. The van der Waals surface area contributed by atoms with Crippen molar-refractivity contribution in [2.45, 2.75) is 26.4 Å². The van der Waals surface area contributed by atoms with E-state index in [0.717, 1.165) is 11.1 Å². The van der Waals surface area contributed by atoms with Gasteiger partial charge in [-0.25, -0.2) is 9.07 Å². The van der Waals surface area contributed by atoms with Crippen LogP contribution < -0.4 is 11.1 Å². The molecule has 0 atom stereocenters. The molecule has 0 fully saturated rings. The van der Waals surface area contributed by atoms with Crippen molar-refractivity contribution in [1.82, 2.24) is 20.3 Å². The standard InChI is InChI=1S/C14H18FN5O/c1-10-6-12(15)3-2-11(10)4-5-17-14(21)9-20-8-13(7-16)18-19-20/h2-3,6,8H,4-5,7,9,16H2,1H3,(H,17,21). The summed E-state index contributed by atoms with van der Waals surface area (Å²) in [6.45, 7) is 2.74. The molecule has 3 N–H and O–H groups in total. The maximum atomic E-state index is 13.0. The van der Waals surface area contributed by atoms with Crippen molar-refractivity contribution < 1.29 is 9.18 Å². The molecular formula is C14H18FN5O. The zero-order chi connectivity index (χ0) is 15.2. The van der Waals surface area contributed by atoms with Crippen molar-refractivity contribution in [2.75, 3.05) is 6.54 Å². The molecule has 0 bridgehead atoms. The van der Waals surface area contributed by atoms with Crippen LogP contribution in [0.2, 0.25) is 0 Å². The van der Waals surface area contributed by atoms with E-state index >= 15 is 0 Å². The fourth-order valence-electron chi connectivity index (χ4n) is 1.99. The van der Waals surface area contributed by atoms with Gasteiger partial charge in [-0.1, -0.05) is 11.3 Å². The Labute approximate surface area is 122 Å². The number of aromatic nitrogens is 3. The predicted octanol–water partition coefficient (Wildman–Crippen LogP) is 0.543. The van der Waals surface area contributed by atoms with Gasteiger partial charge in [0.15, 0.2) is 0 Å². The van der Waals surface area contributed by atoms with Gasteiger partial charge in [-0.15, -0.1) is 5.10 Å². The number of halogens is 1. The van der Waals surface area contributed by atoms with Gasteiger partial charge in [0.05, 0.1) is 11.9 Å². The summed E-state index contributed by atoms with van der Waals surface area (Å²) in [5, 5.41) is 10.4. The Balaban J connectivity index is 1.78. The third kappa shape index (κ3) is 4.35. The van der Waals surface area contributed by atoms with Gasteiger partial charge in [-0.3, -0.25) is 4.79 Å². The Bertz CT molecular complexity index is 626. The second-order valence-electron chi connectivity index (χ2n) is 4.78. The lowest BCUT2D eigenvalue weighted by atomic mass is 10.1.